The summed E-state index contributed by atoms with van der Waals surface area (Å²) in [5.41, 5.74) is 0.836. The number of halogens is 2. The van der Waals surface area contributed by atoms with Gasteiger partial charge in [0.1, 0.15) is 5.82 Å². The average Bonchev–Trinajstić information content (AvgIpc) is 2.75. The lowest BCUT2D eigenvalue weighted by Gasteiger charge is -2.18. The summed E-state index contributed by atoms with van der Waals surface area (Å²) in [4.78, 5) is 14.1. The minimum Gasteiger partial charge on any atom is -0.466 e. The summed E-state index contributed by atoms with van der Waals surface area (Å²) in [6.07, 6.45) is 0. The number of likely N-dealkylation sites (tertiary alicyclic amines) is 1. The highest BCUT2D eigenvalue weighted by Gasteiger charge is 2.38. The van der Waals surface area contributed by atoms with Gasteiger partial charge in [-0.3, -0.25) is 4.79 Å². The summed E-state index contributed by atoms with van der Waals surface area (Å²) in [6.45, 7) is 3.54. The van der Waals surface area contributed by atoms with Crippen molar-refractivity contribution in [3.63, 3.8) is 0 Å². The van der Waals surface area contributed by atoms with Gasteiger partial charge in [0.15, 0.2) is 0 Å². The number of hydrogen-bond acceptors (Lipinski definition) is 3. The molecule has 1 aliphatic heterocycles. The molecular weight excluding hydrogens is 313 g/mol. The molecule has 0 amide bonds. The number of carbonyl (C=O) groups is 1. The van der Waals surface area contributed by atoms with E-state index in [1.807, 2.05) is 7.05 Å². The lowest BCUT2D eigenvalue weighted by Crippen LogP contribution is -2.24. The SMILES string of the molecule is CCOC(=O)C1CN(C)CC1c1cc(F)ccc1Br. The number of benzene rings is 1. The molecule has 1 aliphatic rings. The van der Waals surface area contributed by atoms with E-state index in [4.69, 9.17) is 4.74 Å². The third kappa shape index (κ3) is 3.15. The van der Waals surface area contributed by atoms with Crippen LogP contribution in [-0.4, -0.2) is 37.6 Å². The molecule has 1 heterocycles. The van der Waals surface area contributed by atoms with Crippen molar-refractivity contribution in [2.45, 2.75) is 12.8 Å². The Hall–Kier alpha value is -0.940. The average molecular weight is 330 g/mol. The van der Waals surface area contributed by atoms with Gasteiger partial charge in [0, 0.05) is 23.5 Å². The lowest BCUT2D eigenvalue weighted by molar-refractivity contribution is -0.147. The zero-order chi connectivity index (χ0) is 14.0. The summed E-state index contributed by atoms with van der Waals surface area (Å²) in [7, 11) is 1.96. The third-order valence-corrected chi connectivity index (χ3v) is 4.17. The second-order valence-electron chi connectivity index (χ2n) is 4.85. The van der Waals surface area contributed by atoms with Crippen LogP contribution in [0, 0.1) is 11.7 Å². The van der Waals surface area contributed by atoms with Crippen LogP contribution < -0.4 is 0 Å². The van der Waals surface area contributed by atoms with Gasteiger partial charge < -0.3 is 9.64 Å². The van der Waals surface area contributed by atoms with E-state index in [-0.39, 0.29) is 23.6 Å². The van der Waals surface area contributed by atoms with Crippen LogP contribution in [0.2, 0.25) is 0 Å². The van der Waals surface area contributed by atoms with Crippen molar-refractivity contribution in [1.82, 2.24) is 4.90 Å². The van der Waals surface area contributed by atoms with Gasteiger partial charge in [0.25, 0.3) is 0 Å². The minimum atomic E-state index is -0.282. The van der Waals surface area contributed by atoms with Crippen LogP contribution in [0.4, 0.5) is 4.39 Å². The molecular formula is C14H17BrFNO2. The second-order valence-corrected chi connectivity index (χ2v) is 5.71. The van der Waals surface area contributed by atoms with Gasteiger partial charge in [-0.25, -0.2) is 4.39 Å². The Morgan fingerprint density at radius 2 is 2.26 bits per heavy atom. The Bertz CT molecular complexity index is 481. The van der Waals surface area contributed by atoms with Crippen LogP contribution in [0.1, 0.15) is 18.4 Å². The fourth-order valence-electron chi connectivity index (χ4n) is 2.60. The number of carbonyl (C=O) groups excluding carboxylic acids is 1. The molecule has 0 N–H and O–H groups in total. The first-order chi connectivity index (χ1) is 9.02. The minimum absolute atomic E-state index is 0.0332. The maximum absolute atomic E-state index is 13.4. The molecule has 2 rings (SSSR count). The number of rotatable bonds is 3. The molecule has 1 fully saturated rings. The van der Waals surface area contributed by atoms with Crippen LogP contribution in [0.15, 0.2) is 22.7 Å². The topological polar surface area (TPSA) is 29.5 Å². The molecule has 3 nitrogen and oxygen atoms in total. The molecule has 1 aromatic rings. The van der Waals surface area contributed by atoms with Crippen LogP contribution in [0.25, 0.3) is 0 Å². The normalized spacial score (nSPS) is 23.6. The molecule has 0 aromatic heterocycles. The van der Waals surface area contributed by atoms with Gasteiger partial charge in [0.05, 0.1) is 12.5 Å². The van der Waals surface area contributed by atoms with Crippen LogP contribution in [0.5, 0.6) is 0 Å². The number of ether oxygens (including phenoxy) is 1. The van der Waals surface area contributed by atoms with E-state index < -0.39 is 0 Å². The monoisotopic (exact) mass is 329 g/mol. The molecule has 2 atom stereocenters. The maximum Gasteiger partial charge on any atom is 0.310 e. The van der Waals surface area contributed by atoms with E-state index in [0.29, 0.717) is 13.2 Å². The quantitative estimate of drug-likeness (QED) is 0.798. The second kappa shape index (κ2) is 6.01. The first-order valence-corrected chi connectivity index (χ1v) is 7.12. The van der Waals surface area contributed by atoms with E-state index in [2.05, 4.69) is 20.8 Å². The van der Waals surface area contributed by atoms with Crippen molar-refractivity contribution in [3.8, 4) is 0 Å². The van der Waals surface area contributed by atoms with Gasteiger partial charge in [0.2, 0.25) is 0 Å². The highest BCUT2D eigenvalue weighted by atomic mass is 79.9. The molecule has 0 radical (unpaired) electrons. The van der Waals surface area contributed by atoms with E-state index in [1.165, 1.54) is 12.1 Å². The molecule has 5 heteroatoms. The van der Waals surface area contributed by atoms with Crippen molar-refractivity contribution in [2.24, 2.45) is 5.92 Å². The van der Waals surface area contributed by atoms with Gasteiger partial charge in [-0.2, -0.15) is 0 Å². The Labute approximate surface area is 120 Å². The van der Waals surface area contributed by atoms with Crippen molar-refractivity contribution < 1.29 is 13.9 Å². The summed E-state index contributed by atoms with van der Waals surface area (Å²) in [5, 5.41) is 0. The smallest absolute Gasteiger partial charge is 0.310 e. The number of likely N-dealkylation sites (N-methyl/N-ethyl adjacent to an activating group) is 1. The van der Waals surface area contributed by atoms with Crippen LogP contribution >= 0.6 is 15.9 Å². The van der Waals surface area contributed by atoms with Gasteiger partial charge >= 0.3 is 5.97 Å². The molecule has 104 valence electrons. The predicted octanol–water partition coefficient (Wildman–Crippen LogP) is 2.80. The first kappa shape index (κ1) is 14.5. The summed E-state index contributed by atoms with van der Waals surface area (Å²) < 4.78 is 19.4. The van der Waals surface area contributed by atoms with Crippen molar-refractivity contribution in [1.29, 1.82) is 0 Å². The highest BCUT2D eigenvalue weighted by molar-refractivity contribution is 9.10. The summed E-state index contributed by atoms with van der Waals surface area (Å²) >= 11 is 3.44. The molecule has 1 aromatic carbocycles. The first-order valence-electron chi connectivity index (χ1n) is 6.33. The zero-order valence-corrected chi connectivity index (χ0v) is 12.6. The predicted molar refractivity (Wildman–Crippen MR) is 74.5 cm³/mol. The molecule has 0 bridgehead atoms. The molecule has 19 heavy (non-hydrogen) atoms. The van der Waals surface area contributed by atoms with Gasteiger partial charge in [-0.1, -0.05) is 15.9 Å². The fraction of sp³-hybridized carbons (Fsp3) is 0.500. The Balaban J connectivity index is 2.30. The van der Waals surface area contributed by atoms with E-state index in [1.54, 1.807) is 13.0 Å². The van der Waals surface area contributed by atoms with E-state index in [9.17, 15) is 9.18 Å². The van der Waals surface area contributed by atoms with E-state index in [0.717, 1.165) is 16.6 Å². The van der Waals surface area contributed by atoms with Crippen LogP contribution in [0.3, 0.4) is 0 Å². The number of hydrogen-bond donors (Lipinski definition) is 0. The molecule has 0 aliphatic carbocycles. The standard InChI is InChI=1S/C14H17BrFNO2/c1-3-19-14(18)12-8-17(2)7-11(12)10-6-9(16)4-5-13(10)15/h4-6,11-12H,3,7-8H2,1-2H3. The molecule has 1 saturated heterocycles. The zero-order valence-electron chi connectivity index (χ0n) is 11.0. The van der Waals surface area contributed by atoms with E-state index >= 15 is 0 Å². The van der Waals surface area contributed by atoms with Gasteiger partial charge in [-0.05, 0) is 37.7 Å². The highest BCUT2D eigenvalue weighted by Crippen LogP contribution is 2.36. The van der Waals surface area contributed by atoms with Crippen molar-refractivity contribution in [2.75, 3.05) is 26.7 Å². The lowest BCUT2D eigenvalue weighted by atomic mass is 9.89. The Morgan fingerprint density at radius 3 is 2.95 bits per heavy atom. The Morgan fingerprint density at radius 1 is 1.53 bits per heavy atom. The molecule has 2 unspecified atom stereocenters. The Kier molecular flexibility index (Phi) is 4.58. The summed E-state index contributed by atoms with van der Waals surface area (Å²) in [5.74, 6) is -0.749. The van der Waals surface area contributed by atoms with Crippen molar-refractivity contribution in [3.05, 3.63) is 34.1 Å². The number of esters is 1. The maximum atomic E-state index is 13.4. The fourth-order valence-corrected chi connectivity index (χ4v) is 3.14. The van der Waals surface area contributed by atoms with Crippen molar-refractivity contribution >= 4 is 21.9 Å². The van der Waals surface area contributed by atoms with Crippen LogP contribution in [-0.2, 0) is 9.53 Å². The molecule has 0 saturated carbocycles. The largest absolute Gasteiger partial charge is 0.466 e. The number of nitrogens with zero attached hydrogens (tertiary/aromatic N) is 1. The summed E-state index contributed by atoms with van der Waals surface area (Å²) in [6, 6.07) is 4.59. The third-order valence-electron chi connectivity index (χ3n) is 3.45. The molecule has 0 spiro atoms. The van der Waals surface area contributed by atoms with Gasteiger partial charge in [-0.15, -0.1) is 0 Å².